The van der Waals surface area contributed by atoms with Crippen LogP contribution in [-0.2, 0) is 4.79 Å². The van der Waals surface area contributed by atoms with Crippen LogP contribution in [0.15, 0.2) is 18.2 Å². The molecule has 2 rings (SSSR count). The Kier molecular flexibility index (Phi) is 5.85. The van der Waals surface area contributed by atoms with Crippen molar-refractivity contribution in [1.29, 1.82) is 0 Å². The van der Waals surface area contributed by atoms with E-state index >= 15 is 0 Å². The first kappa shape index (κ1) is 15.2. The summed E-state index contributed by atoms with van der Waals surface area (Å²) in [4.78, 5) is 11.9. The summed E-state index contributed by atoms with van der Waals surface area (Å²) in [5.41, 5.74) is 0.185. The largest absolute Gasteiger partial charge is 0.323 e. The first-order valence-corrected chi connectivity index (χ1v) is 6.01. The minimum atomic E-state index is -0.505. The molecule has 0 radical (unpaired) electrons. The molecule has 1 atom stereocenters. The topological polar surface area (TPSA) is 41.1 Å². The van der Waals surface area contributed by atoms with Gasteiger partial charge in [-0.25, -0.2) is 4.39 Å². The van der Waals surface area contributed by atoms with Crippen molar-refractivity contribution in [2.45, 2.75) is 12.8 Å². The van der Waals surface area contributed by atoms with Gasteiger partial charge in [-0.1, -0.05) is 11.6 Å². The van der Waals surface area contributed by atoms with E-state index in [-0.39, 0.29) is 29.9 Å². The molecule has 1 aliphatic heterocycles. The molecule has 3 nitrogen and oxygen atoms in total. The van der Waals surface area contributed by atoms with Crippen LogP contribution in [0.5, 0.6) is 0 Å². The number of carbonyl (C=O) groups is 1. The summed E-state index contributed by atoms with van der Waals surface area (Å²) < 4.78 is 13.5. The molecule has 6 heteroatoms. The number of benzene rings is 1. The van der Waals surface area contributed by atoms with Crippen molar-refractivity contribution in [2.24, 2.45) is 5.92 Å². The van der Waals surface area contributed by atoms with E-state index in [0.29, 0.717) is 11.6 Å². The third kappa shape index (κ3) is 3.83. The summed E-state index contributed by atoms with van der Waals surface area (Å²) in [6.07, 6.45) is 1.81. The second-order valence-corrected chi connectivity index (χ2v) is 4.59. The molecule has 1 saturated heterocycles. The fourth-order valence-electron chi connectivity index (χ4n) is 1.90. The van der Waals surface area contributed by atoms with Gasteiger partial charge in [-0.3, -0.25) is 4.79 Å². The Labute approximate surface area is 116 Å². The van der Waals surface area contributed by atoms with Gasteiger partial charge in [-0.05, 0) is 37.6 Å². The molecule has 100 valence electrons. The smallest absolute Gasteiger partial charge is 0.228 e. The number of hydrogen-bond acceptors (Lipinski definition) is 2. The summed E-state index contributed by atoms with van der Waals surface area (Å²) in [6.45, 7) is 1.60. The van der Waals surface area contributed by atoms with Gasteiger partial charge in [0.05, 0.1) is 11.6 Å². The Morgan fingerprint density at radius 2 is 2.28 bits per heavy atom. The van der Waals surface area contributed by atoms with E-state index in [1.165, 1.54) is 12.1 Å². The molecule has 18 heavy (non-hydrogen) atoms. The van der Waals surface area contributed by atoms with Crippen LogP contribution in [0.25, 0.3) is 0 Å². The zero-order valence-electron chi connectivity index (χ0n) is 9.71. The van der Waals surface area contributed by atoms with Gasteiger partial charge in [0.2, 0.25) is 5.91 Å². The highest BCUT2D eigenvalue weighted by molar-refractivity contribution is 6.30. The maximum absolute atomic E-state index is 13.5. The molecule has 1 heterocycles. The Balaban J connectivity index is 0.00000162. The van der Waals surface area contributed by atoms with E-state index in [1.807, 2.05) is 0 Å². The highest BCUT2D eigenvalue weighted by atomic mass is 35.5. The molecule has 0 saturated carbocycles. The number of halogens is 3. The quantitative estimate of drug-likeness (QED) is 0.880. The van der Waals surface area contributed by atoms with Gasteiger partial charge in [0, 0.05) is 11.6 Å². The van der Waals surface area contributed by atoms with Crippen LogP contribution in [0, 0.1) is 11.7 Å². The van der Waals surface area contributed by atoms with Gasteiger partial charge in [-0.15, -0.1) is 12.4 Å². The molecular formula is C12H15Cl2FN2O. The van der Waals surface area contributed by atoms with Crippen LogP contribution in [0.4, 0.5) is 10.1 Å². The van der Waals surface area contributed by atoms with E-state index in [2.05, 4.69) is 10.6 Å². The summed E-state index contributed by atoms with van der Waals surface area (Å²) >= 11 is 5.64. The van der Waals surface area contributed by atoms with Crippen LogP contribution >= 0.6 is 24.0 Å². The number of amides is 1. The molecule has 0 unspecified atom stereocenters. The molecule has 1 fully saturated rings. The fraction of sp³-hybridized carbons (Fsp3) is 0.417. The maximum Gasteiger partial charge on any atom is 0.228 e. The summed E-state index contributed by atoms with van der Waals surface area (Å²) in [5, 5.41) is 6.06. The molecule has 0 spiro atoms. The van der Waals surface area contributed by atoms with Gasteiger partial charge < -0.3 is 10.6 Å². The first-order chi connectivity index (χ1) is 8.16. The third-order valence-electron chi connectivity index (χ3n) is 2.86. The Morgan fingerprint density at radius 3 is 2.89 bits per heavy atom. The zero-order valence-corrected chi connectivity index (χ0v) is 11.3. The number of hydrogen-bond donors (Lipinski definition) is 2. The average molecular weight is 293 g/mol. The standard InChI is InChI=1S/C12H14ClFN2O.ClH/c13-9-3-4-11(10(14)6-9)16-12(17)8-2-1-5-15-7-8;/h3-4,6,8,15H,1-2,5,7H2,(H,16,17);1H/t8-;/m1./s1. The number of rotatable bonds is 2. The summed E-state index contributed by atoms with van der Waals surface area (Å²) in [7, 11) is 0. The monoisotopic (exact) mass is 292 g/mol. The highest BCUT2D eigenvalue weighted by Crippen LogP contribution is 2.20. The van der Waals surface area contributed by atoms with E-state index in [0.717, 1.165) is 19.4 Å². The van der Waals surface area contributed by atoms with Gasteiger partial charge in [0.25, 0.3) is 0 Å². The van der Waals surface area contributed by atoms with Gasteiger partial charge in [0.15, 0.2) is 0 Å². The van der Waals surface area contributed by atoms with E-state index < -0.39 is 5.82 Å². The molecule has 1 amide bonds. The lowest BCUT2D eigenvalue weighted by molar-refractivity contribution is -0.120. The predicted molar refractivity (Wildman–Crippen MR) is 72.9 cm³/mol. The number of anilines is 1. The zero-order chi connectivity index (χ0) is 12.3. The minimum Gasteiger partial charge on any atom is -0.323 e. The Morgan fingerprint density at radius 1 is 1.50 bits per heavy atom. The summed E-state index contributed by atoms with van der Waals surface area (Å²) in [5.74, 6) is -0.730. The molecule has 0 aliphatic carbocycles. The van der Waals surface area contributed by atoms with Crippen molar-refractivity contribution in [2.75, 3.05) is 18.4 Å². The van der Waals surface area contributed by atoms with Crippen LogP contribution in [0.3, 0.4) is 0 Å². The van der Waals surface area contributed by atoms with Crippen molar-refractivity contribution in [3.8, 4) is 0 Å². The van der Waals surface area contributed by atoms with Crippen molar-refractivity contribution < 1.29 is 9.18 Å². The average Bonchev–Trinajstić information content (AvgIpc) is 2.34. The van der Waals surface area contributed by atoms with Crippen LogP contribution in [-0.4, -0.2) is 19.0 Å². The van der Waals surface area contributed by atoms with Gasteiger partial charge in [-0.2, -0.15) is 0 Å². The van der Waals surface area contributed by atoms with E-state index in [9.17, 15) is 9.18 Å². The van der Waals surface area contributed by atoms with Crippen LogP contribution in [0.1, 0.15) is 12.8 Å². The minimum absolute atomic E-state index is 0. The van der Waals surface area contributed by atoms with Crippen LogP contribution < -0.4 is 10.6 Å². The fourth-order valence-corrected chi connectivity index (χ4v) is 2.06. The highest BCUT2D eigenvalue weighted by Gasteiger charge is 2.21. The lowest BCUT2D eigenvalue weighted by atomic mass is 9.99. The molecule has 1 aromatic rings. The van der Waals surface area contributed by atoms with Crippen molar-refractivity contribution in [3.63, 3.8) is 0 Å². The lowest BCUT2D eigenvalue weighted by Gasteiger charge is -2.22. The summed E-state index contributed by atoms with van der Waals surface area (Å²) in [6, 6.07) is 4.22. The second kappa shape index (κ2) is 6.92. The number of piperidine rings is 1. The van der Waals surface area contributed by atoms with Gasteiger partial charge in [0.1, 0.15) is 5.82 Å². The first-order valence-electron chi connectivity index (χ1n) is 5.63. The third-order valence-corrected chi connectivity index (χ3v) is 3.09. The molecule has 2 N–H and O–H groups in total. The number of carbonyl (C=O) groups excluding carboxylic acids is 1. The maximum atomic E-state index is 13.5. The van der Waals surface area contributed by atoms with E-state index in [1.54, 1.807) is 6.07 Å². The van der Waals surface area contributed by atoms with Gasteiger partial charge >= 0.3 is 0 Å². The normalized spacial score (nSPS) is 18.9. The molecule has 0 bridgehead atoms. The van der Waals surface area contributed by atoms with Crippen LogP contribution in [0.2, 0.25) is 5.02 Å². The predicted octanol–water partition coefficient (Wildman–Crippen LogP) is 2.84. The molecule has 1 aromatic carbocycles. The molecular weight excluding hydrogens is 278 g/mol. The second-order valence-electron chi connectivity index (χ2n) is 4.16. The SMILES string of the molecule is Cl.O=C(Nc1ccc(Cl)cc1F)[C@@H]1CCCNC1. The van der Waals surface area contributed by atoms with Crippen molar-refractivity contribution in [3.05, 3.63) is 29.0 Å². The Bertz CT molecular complexity index is 423. The lowest BCUT2D eigenvalue weighted by Crippen LogP contribution is -2.37. The number of nitrogens with one attached hydrogen (secondary N) is 2. The van der Waals surface area contributed by atoms with Crippen molar-refractivity contribution >= 4 is 35.6 Å². The molecule has 1 aliphatic rings. The molecule has 0 aromatic heterocycles. The van der Waals surface area contributed by atoms with E-state index in [4.69, 9.17) is 11.6 Å². The Hall–Kier alpha value is -0.840. The van der Waals surface area contributed by atoms with Crippen molar-refractivity contribution in [1.82, 2.24) is 5.32 Å².